The largest absolute Gasteiger partial charge is 0.339 e. The van der Waals surface area contributed by atoms with Gasteiger partial charge in [-0.25, -0.2) is 4.68 Å². The van der Waals surface area contributed by atoms with Gasteiger partial charge in [-0.1, -0.05) is 42.5 Å². The highest BCUT2D eigenvalue weighted by molar-refractivity contribution is 6.03. The molecule has 0 radical (unpaired) electrons. The fraction of sp³-hybridized carbons (Fsp3) is 0.100. The predicted octanol–water partition coefficient (Wildman–Crippen LogP) is 2.98. The Labute approximate surface area is 156 Å². The number of benzene rings is 2. The van der Waals surface area contributed by atoms with Gasteiger partial charge >= 0.3 is 0 Å². The lowest BCUT2D eigenvalue weighted by Crippen LogP contribution is -2.17. The second-order valence-corrected chi connectivity index (χ2v) is 6.17. The first-order valence-corrected chi connectivity index (χ1v) is 8.54. The quantitative estimate of drug-likeness (QED) is 0.595. The summed E-state index contributed by atoms with van der Waals surface area (Å²) in [6, 6.07) is 21.2. The van der Waals surface area contributed by atoms with Crippen LogP contribution >= 0.6 is 0 Å². The van der Waals surface area contributed by atoms with Crippen LogP contribution in [0, 0.1) is 0 Å². The van der Waals surface area contributed by atoms with E-state index in [9.17, 15) is 4.79 Å². The van der Waals surface area contributed by atoms with Crippen LogP contribution in [0.3, 0.4) is 0 Å². The molecule has 0 aliphatic carbocycles. The number of hydrogen-bond acceptors (Lipinski definition) is 4. The van der Waals surface area contributed by atoms with Gasteiger partial charge in [-0.2, -0.15) is 0 Å². The molecule has 1 amide bonds. The van der Waals surface area contributed by atoms with Crippen LogP contribution in [-0.4, -0.2) is 30.7 Å². The summed E-state index contributed by atoms with van der Waals surface area (Å²) in [5.74, 6) is 0.475. The molecule has 4 rings (SSSR count). The Morgan fingerprint density at radius 1 is 1.04 bits per heavy atom. The Morgan fingerprint density at radius 2 is 1.89 bits per heavy atom. The number of tetrazole rings is 1. The molecule has 7 nitrogen and oxygen atoms in total. The SMILES string of the molecule is Cn1nnnc1-c1cccc(NC(=O)c2cccn2Cc2ccccc2)c1. The Hall–Kier alpha value is -3.74. The molecular weight excluding hydrogens is 340 g/mol. The summed E-state index contributed by atoms with van der Waals surface area (Å²) >= 11 is 0. The number of anilines is 1. The van der Waals surface area contributed by atoms with E-state index in [4.69, 9.17) is 0 Å². The summed E-state index contributed by atoms with van der Waals surface area (Å²) in [6.07, 6.45) is 1.91. The normalized spacial score (nSPS) is 10.7. The Bertz CT molecular complexity index is 1070. The van der Waals surface area contributed by atoms with Gasteiger partial charge in [-0.3, -0.25) is 4.79 Å². The number of carbonyl (C=O) groups is 1. The van der Waals surface area contributed by atoms with E-state index < -0.39 is 0 Å². The molecule has 1 N–H and O–H groups in total. The molecule has 7 heteroatoms. The summed E-state index contributed by atoms with van der Waals surface area (Å²) < 4.78 is 3.52. The number of nitrogens with one attached hydrogen (secondary N) is 1. The van der Waals surface area contributed by atoms with Crippen LogP contribution in [0.15, 0.2) is 72.9 Å². The topological polar surface area (TPSA) is 77.6 Å². The third-order valence-electron chi connectivity index (χ3n) is 4.26. The van der Waals surface area contributed by atoms with E-state index in [0.29, 0.717) is 23.8 Å². The lowest BCUT2D eigenvalue weighted by Gasteiger charge is -2.11. The van der Waals surface area contributed by atoms with Crippen molar-refractivity contribution in [1.29, 1.82) is 0 Å². The first kappa shape index (κ1) is 16.7. The number of nitrogens with zero attached hydrogens (tertiary/aromatic N) is 5. The monoisotopic (exact) mass is 358 g/mol. The highest BCUT2D eigenvalue weighted by atomic mass is 16.1. The van der Waals surface area contributed by atoms with Gasteiger partial charge in [0, 0.05) is 31.0 Å². The van der Waals surface area contributed by atoms with Gasteiger partial charge in [0.05, 0.1) is 0 Å². The zero-order valence-corrected chi connectivity index (χ0v) is 14.8. The summed E-state index contributed by atoms with van der Waals surface area (Å²) in [5.41, 5.74) is 3.26. The van der Waals surface area contributed by atoms with Crippen molar-refractivity contribution in [2.75, 3.05) is 5.32 Å². The van der Waals surface area contributed by atoms with Crippen molar-refractivity contribution in [3.8, 4) is 11.4 Å². The highest BCUT2D eigenvalue weighted by Crippen LogP contribution is 2.20. The number of amides is 1. The summed E-state index contributed by atoms with van der Waals surface area (Å²) in [4.78, 5) is 12.8. The number of rotatable bonds is 5. The van der Waals surface area contributed by atoms with E-state index in [1.54, 1.807) is 11.7 Å². The van der Waals surface area contributed by atoms with E-state index in [0.717, 1.165) is 11.1 Å². The van der Waals surface area contributed by atoms with Gasteiger partial charge in [0.15, 0.2) is 5.82 Å². The molecule has 4 aromatic rings. The van der Waals surface area contributed by atoms with Crippen molar-refractivity contribution in [3.63, 3.8) is 0 Å². The zero-order valence-electron chi connectivity index (χ0n) is 14.8. The minimum atomic E-state index is -0.163. The average Bonchev–Trinajstić information content (AvgIpc) is 3.32. The van der Waals surface area contributed by atoms with E-state index in [1.165, 1.54) is 0 Å². The van der Waals surface area contributed by atoms with Crippen molar-refractivity contribution in [3.05, 3.63) is 84.2 Å². The Kier molecular flexibility index (Phi) is 4.49. The lowest BCUT2D eigenvalue weighted by molar-refractivity contribution is 0.101. The lowest BCUT2D eigenvalue weighted by atomic mass is 10.2. The van der Waals surface area contributed by atoms with Gasteiger partial charge in [0.2, 0.25) is 0 Å². The minimum Gasteiger partial charge on any atom is -0.339 e. The third-order valence-corrected chi connectivity index (χ3v) is 4.26. The third kappa shape index (κ3) is 3.62. The van der Waals surface area contributed by atoms with Gasteiger partial charge in [0.25, 0.3) is 5.91 Å². The van der Waals surface area contributed by atoms with Crippen molar-refractivity contribution in [2.24, 2.45) is 7.05 Å². The van der Waals surface area contributed by atoms with E-state index in [2.05, 4.69) is 20.8 Å². The van der Waals surface area contributed by atoms with Crippen LogP contribution < -0.4 is 5.32 Å². The molecule has 0 saturated heterocycles. The molecule has 0 saturated carbocycles. The second-order valence-electron chi connectivity index (χ2n) is 6.17. The van der Waals surface area contributed by atoms with Crippen LogP contribution in [0.2, 0.25) is 0 Å². The molecule has 2 aromatic carbocycles. The van der Waals surface area contributed by atoms with Crippen LogP contribution in [0.4, 0.5) is 5.69 Å². The maximum absolute atomic E-state index is 12.8. The molecule has 0 spiro atoms. The zero-order chi connectivity index (χ0) is 18.6. The van der Waals surface area contributed by atoms with E-state index in [1.807, 2.05) is 77.5 Å². The Balaban J connectivity index is 1.54. The van der Waals surface area contributed by atoms with Crippen molar-refractivity contribution in [2.45, 2.75) is 6.54 Å². The summed E-state index contributed by atoms with van der Waals surface area (Å²) in [7, 11) is 1.77. The predicted molar refractivity (Wildman–Crippen MR) is 102 cm³/mol. The van der Waals surface area contributed by atoms with Crippen LogP contribution in [-0.2, 0) is 13.6 Å². The average molecular weight is 358 g/mol. The van der Waals surface area contributed by atoms with Gasteiger partial charge in [-0.05, 0) is 40.3 Å². The molecule has 2 aromatic heterocycles. The van der Waals surface area contributed by atoms with Crippen molar-refractivity contribution in [1.82, 2.24) is 24.8 Å². The highest BCUT2D eigenvalue weighted by Gasteiger charge is 2.13. The van der Waals surface area contributed by atoms with Gasteiger partial charge in [0.1, 0.15) is 5.69 Å². The smallest absolute Gasteiger partial charge is 0.272 e. The summed E-state index contributed by atoms with van der Waals surface area (Å²) in [5, 5.41) is 14.5. The first-order valence-electron chi connectivity index (χ1n) is 8.54. The summed E-state index contributed by atoms with van der Waals surface area (Å²) in [6.45, 7) is 0.640. The molecule has 2 heterocycles. The first-order chi connectivity index (χ1) is 13.2. The number of carbonyl (C=O) groups excluding carboxylic acids is 1. The van der Waals surface area contributed by atoms with E-state index >= 15 is 0 Å². The molecule has 0 fully saturated rings. The molecule has 0 atom stereocenters. The second kappa shape index (κ2) is 7.25. The Morgan fingerprint density at radius 3 is 2.67 bits per heavy atom. The maximum Gasteiger partial charge on any atom is 0.272 e. The van der Waals surface area contributed by atoms with Crippen molar-refractivity contribution >= 4 is 11.6 Å². The van der Waals surface area contributed by atoms with Crippen LogP contribution in [0.5, 0.6) is 0 Å². The minimum absolute atomic E-state index is 0.163. The molecule has 0 unspecified atom stereocenters. The number of aromatic nitrogens is 5. The van der Waals surface area contributed by atoms with Gasteiger partial charge < -0.3 is 9.88 Å². The van der Waals surface area contributed by atoms with Crippen molar-refractivity contribution < 1.29 is 4.79 Å². The van der Waals surface area contributed by atoms with Gasteiger partial charge in [-0.15, -0.1) is 5.10 Å². The van der Waals surface area contributed by atoms with Crippen LogP contribution in [0.25, 0.3) is 11.4 Å². The fourth-order valence-corrected chi connectivity index (χ4v) is 2.94. The number of aryl methyl sites for hydroxylation is 1. The molecule has 0 bridgehead atoms. The number of hydrogen-bond donors (Lipinski definition) is 1. The molecule has 134 valence electrons. The van der Waals surface area contributed by atoms with Crippen LogP contribution in [0.1, 0.15) is 16.1 Å². The molecule has 27 heavy (non-hydrogen) atoms. The molecule has 0 aliphatic heterocycles. The standard InChI is InChI=1S/C20H18N6O/c1-25-19(22-23-24-25)16-9-5-10-17(13-16)21-20(27)18-11-6-12-26(18)14-15-7-3-2-4-8-15/h2-13H,14H2,1H3,(H,21,27). The fourth-order valence-electron chi connectivity index (χ4n) is 2.94. The molecular formula is C20H18N6O. The van der Waals surface area contributed by atoms with E-state index in [-0.39, 0.29) is 5.91 Å². The molecule has 0 aliphatic rings. The maximum atomic E-state index is 12.8.